The Morgan fingerprint density at radius 1 is 1.08 bits per heavy atom. The fourth-order valence-corrected chi connectivity index (χ4v) is 3.02. The average Bonchev–Trinajstić information content (AvgIpc) is 2.59. The quantitative estimate of drug-likeness (QED) is 0.827. The Bertz CT molecular complexity index is 885. The highest BCUT2D eigenvalue weighted by molar-refractivity contribution is 7.89. The molecule has 0 fully saturated rings. The fourth-order valence-electron chi connectivity index (χ4n) is 1.90. The van der Waals surface area contributed by atoms with Crippen molar-refractivity contribution in [1.82, 2.24) is 4.72 Å². The zero-order valence-corrected chi connectivity index (χ0v) is 14.7. The van der Waals surface area contributed by atoms with Crippen molar-refractivity contribution in [3.05, 3.63) is 53.1 Å². The molecule has 0 unspecified atom stereocenters. The van der Waals surface area contributed by atoms with Gasteiger partial charge in [-0.1, -0.05) is 35.6 Å². The molecule has 126 valence electrons. The third kappa shape index (κ3) is 4.42. The van der Waals surface area contributed by atoms with Crippen molar-refractivity contribution >= 4 is 21.6 Å². The van der Waals surface area contributed by atoms with Gasteiger partial charge in [-0.05, 0) is 24.3 Å². The molecule has 0 saturated carbocycles. The predicted molar refractivity (Wildman–Crippen MR) is 93.1 cm³/mol. The van der Waals surface area contributed by atoms with Crippen LogP contribution >= 0.6 is 11.6 Å². The van der Waals surface area contributed by atoms with E-state index in [1.807, 2.05) is 6.07 Å². The van der Waals surface area contributed by atoms with Crippen molar-refractivity contribution in [1.29, 1.82) is 0 Å². The van der Waals surface area contributed by atoms with Crippen molar-refractivity contribution in [3.8, 4) is 23.3 Å². The van der Waals surface area contributed by atoms with Crippen LogP contribution in [0.3, 0.4) is 0 Å². The van der Waals surface area contributed by atoms with E-state index in [2.05, 4.69) is 16.6 Å². The number of halogens is 1. The Balaban J connectivity index is 2.11. The van der Waals surface area contributed by atoms with E-state index in [0.29, 0.717) is 22.1 Å². The molecule has 24 heavy (non-hydrogen) atoms. The summed E-state index contributed by atoms with van der Waals surface area (Å²) in [5.41, 5.74) is 0.643. The SMILES string of the molecule is COc1ccc(S(=O)(=O)NCC#Cc2ccccc2Cl)cc1OC. The third-order valence-electron chi connectivity index (χ3n) is 3.11. The maximum Gasteiger partial charge on any atom is 0.241 e. The molecule has 0 heterocycles. The number of hydrogen-bond donors (Lipinski definition) is 1. The number of hydrogen-bond acceptors (Lipinski definition) is 4. The molecule has 0 saturated heterocycles. The van der Waals surface area contributed by atoms with Gasteiger partial charge in [-0.25, -0.2) is 8.42 Å². The average molecular weight is 366 g/mol. The lowest BCUT2D eigenvalue weighted by Crippen LogP contribution is -2.24. The van der Waals surface area contributed by atoms with Crippen LogP contribution in [0.5, 0.6) is 11.5 Å². The van der Waals surface area contributed by atoms with Crippen LogP contribution in [0.1, 0.15) is 5.56 Å². The first-order chi connectivity index (χ1) is 11.5. The van der Waals surface area contributed by atoms with Gasteiger partial charge in [0.1, 0.15) is 0 Å². The number of benzene rings is 2. The highest BCUT2D eigenvalue weighted by atomic mass is 35.5. The highest BCUT2D eigenvalue weighted by Gasteiger charge is 2.16. The van der Waals surface area contributed by atoms with Gasteiger partial charge in [0.15, 0.2) is 11.5 Å². The number of nitrogens with one attached hydrogen (secondary N) is 1. The highest BCUT2D eigenvalue weighted by Crippen LogP contribution is 2.29. The summed E-state index contributed by atoms with van der Waals surface area (Å²) in [4.78, 5) is 0.0692. The zero-order chi connectivity index (χ0) is 17.6. The first-order valence-electron chi connectivity index (χ1n) is 6.93. The van der Waals surface area contributed by atoms with Gasteiger partial charge in [-0.15, -0.1) is 0 Å². The number of methoxy groups -OCH3 is 2. The molecule has 0 bridgehead atoms. The van der Waals surface area contributed by atoms with Crippen LogP contribution in [0.15, 0.2) is 47.4 Å². The Morgan fingerprint density at radius 2 is 1.79 bits per heavy atom. The van der Waals surface area contributed by atoms with E-state index in [4.69, 9.17) is 21.1 Å². The summed E-state index contributed by atoms with van der Waals surface area (Å²) in [6, 6.07) is 11.4. The molecule has 1 N–H and O–H groups in total. The number of ether oxygens (including phenoxy) is 2. The molecule has 0 atom stereocenters. The van der Waals surface area contributed by atoms with Crippen LogP contribution in [0.2, 0.25) is 5.02 Å². The standard InChI is InChI=1S/C17H16ClNO4S/c1-22-16-10-9-14(12-17(16)23-2)24(20,21)19-11-5-7-13-6-3-4-8-15(13)18/h3-4,6,8-10,12,19H,11H2,1-2H3. The Labute approximate surface area is 146 Å². The summed E-state index contributed by atoms with van der Waals surface area (Å²) in [5.74, 6) is 6.35. The molecule has 0 amide bonds. The molecule has 0 aliphatic heterocycles. The van der Waals surface area contributed by atoms with Crippen LogP contribution in [-0.2, 0) is 10.0 Å². The van der Waals surface area contributed by atoms with Gasteiger partial charge in [-0.2, -0.15) is 4.72 Å². The topological polar surface area (TPSA) is 64.6 Å². The van der Waals surface area contributed by atoms with E-state index >= 15 is 0 Å². The largest absolute Gasteiger partial charge is 0.493 e. The Hall–Kier alpha value is -2.20. The van der Waals surface area contributed by atoms with E-state index in [1.54, 1.807) is 18.2 Å². The smallest absolute Gasteiger partial charge is 0.241 e. The molecule has 7 heteroatoms. The van der Waals surface area contributed by atoms with E-state index < -0.39 is 10.0 Å². The van der Waals surface area contributed by atoms with Crippen LogP contribution < -0.4 is 14.2 Å². The summed E-state index contributed by atoms with van der Waals surface area (Å²) in [5, 5.41) is 0.521. The van der Waals surface area contributed by atoms with Gasteiger partial charge >= 0.3 is 0 Å². The molecule has 0 aliphatic rings. The van der Waals surface area contributed by atoms with Crippen molar-refractivity contribution in [2.45, 2.75) is 4.90 Å². The lowest BCUT2D eigenvalue weighted by atomic mass is 10.2. The van der Waals surface area contributed by atoms with E-state index in [0.717, 1.165) is 0 Å². The Kier molecular flexibility index (Phi) is 6.10. The Morgan fingerprint density at radius 3 is 2.46 bits per heavy atom. The molecule has 0 aliphatic carbocycles. The normalized spacial score (nSPS) is 10.6. The van der Waals surface area contributed by atoms with Crippen LogP contribution in [0.25, 0.3) is 0 Å². The number of sulfonamides is 1. The minimum Gasteiger partial charge on any atom is -0.493 e. The molecule has 5 nitrogen and oxygen atoms in total. The van der Waals surface area contributed by atoms with Gasteiger partial charge in [0.05, 0.1) is 30.7 Å². The summed E-state index contributed by atoms with van der Waals surface area (Å²) in [6.45, 7) is -0.0398. The van der Waals surface area contributed by atoms with Crippen molar-refractivity contribution in [2.24, 2.45) is 0 Å². The predicted octanol–water partition coefficient (Wildman–Crippen LogP) is 2.69. The van der Waals surface area contributed by atoms with E-state index in [1.165, 1.54) is 32.4 Å². The molecule has 0 aromatic heterocycles. The van der Waals surface area contributed by atoms with Gasteiger partial charge in [0.25, 0.3) is 0 Å². The first kappa shape index (κ1) is 18.1. The van der Waals surface area contributed by atoms with Crippen molar-refractivity contribution < 1.29 is 17.9 Å². The lowest BCUT2D eigenvalue weighted by Gasteiger charge is -2.10. The van der Waals surface area contributed by atoms with Gasteiger partial charge in [0.2, 0.25) is 10.0 Å². The second-order valence-corrected chi connectivity index (χ2v) is 6.80. The monoisotopic (exact) mass is 365 g/mol. The van der Waals surface area contributed by atoms with Crippen LogP contribution in [-0.4, -0.2) is 29.2 Å². The molecule has 2 aromatic rings. The lowest BCUT2D eigenvalue weighted by molar-refractivity contribution is 0.354. The second-order valence-electron chi connectivity index (χ2n) is 4.62. The summed E-state index contributed by atoms with van der Waals surface area (Å²) >= 11 is 5.98. The minimum atomic E-state index is -3.70. The zero-order valence-electron chi connectivity index (χ0n) is 13.2. The van der Waals surface area contributed by atoms with Gasteiger partial charge in [0, 0.05) is 11.6 Å². The van der Waals surface area contributed by atoms with Crippen molar-refractivity contribution in [2.75, 3.05) is 20.8 Å². The maximum absolute atomic E-state index is 12.3. The van der Waals surface area contributed by atoms with Gasteiger partial charge in [-0.3, -0.25) is 0 Å². The molecule has 0 spiro atoms. The second kappa shape index (κ2) is 8.06. The third-order valence-corrected chi connectivity index (χ3v) is 4.84. The fraction of sp³-hybridized carbons (Fsp3) is 0.176. The summed E-state index contributed by atoms with van der Waals surface area (Å²) in [6.07, 6.45) is 0. The molecule has 0 radical (unpaired) electrons. The van der Waals surface area contributed by atoms with E-state index in [-0.39, 0.29) is 11.4 Å². The van der Waals surface area contributed by atoms with Crippen LogP contribution in [0, 0.1) is 11.8 Å². The van der Waals surface area contributed by atoms with E-state index in [9.17, 15) is 8.42 Å². The minimum absolute atomic E-state index is 0.0398. The number of rotatable bonds is 5. The van der Waals surface area contributed by atoms with Gasteiger partial charge < -0.3 is 9.47 Å². The molecule has 2 aromatic carbocycles. The summed E-state index contributed by atoms with van der Waals surface area (Å²) < 4.78 is 37.2. The molecular formula is C17H16ClNO4S. The molecular weight excluding hydrogens is 350 g/mol. The maximum atomic E-state index is 12.3. The van der Waals surface area contributed by atoms with Crippen molar-refractivity contribution in [3.63, 3.8) is 0 Å². The van der Waals surface area contributed by atoms with Crippen LogP contribution in [0.4, 0.5) is 0 Å². The summed E-state index contributed by atoms with van der Waals surface area (Å²) in [7, 11) is -0.781. The first-order valence-corrected chi connectivity index (χ1v) is 8.79. The molecule has 2 rings (SSSR count).